The summed E-state index contributed by atoms with van der Waals surface area (Å²) in [6, 6.07) is 2.49. The number of rotatable bonds is 3. The molecule has 5 heteroatoms. The smallest absolute Gasteiger partial charge is 0.339 e. The van der Waals surface area contributed by atoms with E-state index in [0.717, 1.165) is 19.1 Å². The van der Waals surface area contributed by atoms with Crippen molar-refractivity contribution < 1.29 is 18.7 Å². The van der Waals surface area contributed by atoms with E-state index in [9.17, 15) is 9.18 Å². The SMILES string of the molecule is O=C(OCC1CCOC1)c1ccc(F)nc1. The third kappa shape index (κ3) is 2.76. The first-order valence-electron chi connectivity index (χ1n) is 5.12. The quantitative estimate of drug-likeness (QED) is 0.576. The second kappa shape index (κ2) is 5.03. The lowest BCUT2D eigenvalue weighted by Crippen LogP contribution is -2.14. The van der Waals surface area contributed by atoms with Gasteiger partial charge in [-0.2, -0.15) is 4.39 Å². The number of nitrogens with zero attached hydrogens (tertiary/aromatic N) is 1. The van der Waals surface area contributed by atoms with Crippen LogP contribution in [0.2, 0.25) is 0 Å². The molecule has 2 heterocycles. The minimum atomic E-state index is -0.610. The first-order chi connectivity index (χ1) is 7.75. The van der Waals surface area contributed by atoms with E-state index in [0.29, 0.717) is 13.2 Å². The van der Waals surface area contributed by atoms with Crippen molar-refractivity contribution in [3.05, 3.63) is 29.8 Å². The van der Waals surface area contributed by atoms with E-state index in [-0.39, 0.29) is 11.5 Å². The average Bonchev–Trinajstić information content (AvgIpc) is 2.80. The topological polar surface area (TPSA) is 48.4 Å². The van der Waals surface area contributed by atoms with E-state index in [1.54, 1.807) is 0 Å². The summed E-state index contributed by atoms with van der Waals surface area (Å²) in [5.41, 5.74) is 0.264. The normalized spacial score (nSPS) is 19.7. The largest absolute Gasteiger partial charge is 0.462 e. The molecule has 16 heavy (non-hydrogen) atoms. The fraction of sp³-hybridized carbons (Fsp3) is 0.455. The number of ether oxygens (including phenoxy) is 2. The van der Waals surface area contributed by atoms with Crippen molar-refractivity contribution in [2.45, 2.75) is 6.42 Å². The molecule has 1 fully saturated rings. The van der Waals surface area contributed by atoms with Gasteiger partial charge in [0.15, 0.2) is 0 Å². The van der Waals surface area contributed by atoms with E-state index in [1.807, 2.05) is 0 Å². The second-order valence-electron chi connectivity index (χ2n) is 3.70. The highest BCUT2D eigenvalue weighted by Gasteiger charge is 2.18. The van der Waals surface area contributed by atoms with Gasteiger partial charge in [-0.25, -0.2) is 9.78 Å². The molecule has 1 unspecified atom stereocenters. The van der Waals surface area contributed by atoms with Gasteiger partial charge in [-0.1, -0.05) is 0 Å². The van der Waals surface area contributed by atoms with E-state index in [2.05, 4.69) is 4.98 Å². The minimum absolute atomic E-state index is 0.264. The van der Waals surface area contributed by atoms with Crippen molar-refractivity contribution in [1.82, 2.24) is 4.98 Å². The number of carbonyl (C=O) groups excluding carboxylic acids is 1. The van der Waals surface area contributed by atoms with Crippen LogP contribution in [0.3, 0.4) is 0 Å². The summed E-state index contributed by atoms with van der Waals surface area (Å²) in [4.78, 5) is 14.9. The predicted octanol–water partition coefficient (Wildman–Crippen LogP) is 1.41. The molecule has 0 bridgehead atoms. The van der Waals surface area contributed by atoms with Crippen molar-refractivity contribution in [2.75, 3.05) is 19.8 Å². The lowest BCUT2D eigenvalue weighted by atomic mass is 10.1. The van der Waals surface area contributed by atoms with Crippen molar-refractivity contribution in [3.8, 4) is 0 Å². The Kier molecular flexibility index (Phi) is 3.46. The summed E-state index contributed by atoms with van der Waals surface area (Å²) >= 11 is 0. The van der Waals surface area contributed by atoms with Crippen molar-refractivity contribution in [1.29, 1.82) is 0 Å². The van der Waals surface area contributed by atoms with E-state index < -0.39 is 11.9 Å². The predicted molar refractivity (Wildman–Crippen MR) is 53.4 cm³/mol. The molecule has 0 aliphatic carbocycles. The zero-order valence-electron chi connectivity index (χ0n) is 8.69. The third-order valence-electron chi connectivity index (χ3n) is 2.44. The molecule has 1 saturated heterocycles. The van der Waals surface area contributed by atoms with E-state index in [1.165, 1.54) is 12.3 Å². The Morgan fingerprint density at radius 3 is 3.12 bits per heavy atom. The van der Waals surface area contributed by atoms with Gasteiger partial charge in [-0.05, 0) is 18.6 Å². The molecular formula is C11H12FNO3. The van der Waals surface area contributed by atoms with Crippen LogP contribution in [0.1, 0.15) is 16.8 Å². The maximum absolute atomic E-state index is 12.5. The van der Waals surface area contributed by atoms with Crippen LogP contribution < -0.4 is 0 Å². The van der Waals surface area contributed by atoms with Crippen LogP contribution in [0.25, 0.3) is 0 Å². The van der Waals surface area contributed by atoms with Crippen LogP contribution in [0.4, 0.5) is 4.39 Å². The van der Waals surface area contributed by atoms with E-state index in [4.69, 9.17) is 9.47 Å². The van der Waals surface area contributed by atoms with Crippen LogP contribution in [0.5, 0.6) is 0 Å². The minimum Gasteiger partial charge on any atom is -0.462 e. The number of hydrogen-bond donors (Lipinski definition) is 0. The third-order valence-corrected chi connectivity index (χ3v) is 2.44. The fourth-order valence-corrected chi connectivity index (χ4v) is 1.49. The molecule has 86 valence electrons. The van der Waals surface area contributed by atoms with Gasteiger partial charge in [0.25, 0.3) is 0 Å². The highest BCUT2D eigenvalue weighted by Crippen LogP contribution is 2.13. The highest BCUT2D eigenvalue weighted by atomic mass is 19.1. The molecule has 0 N–H and O–H groups in total. The lowest BCUT2D eigenvalue weighted by Gasteiger charge is -2.08. The molecule has 1 aromatic heterocycles. The Morgan fingerprint density at radius 2 is 2.50 bits per heavy atom. The Balaban J connectivity index is 1.85. The summed E-state index contributed by atoms with van der Waals surface area (Å²) < 4.78 is 22.7. The van der Waals surface area contributed by atoms with Crippen LogP contribution >= 0.6 is 0 Å². The van der Waals surface area contributed by atoms with Crippen molar-refractivity contribution in [2.24, 2.45) is 5.92 Å². The Bertz CT molecular complexity index is 360. The van der Waals surface area contributed by atoms with Gasteiger partial charge >= 0.3 is 5.97 Å². The van der Waals surface area contributed by atoms with Gasteiger partial charge in [0, 0.05) is 18.7 Å². The van der Waals surface area contributed by atoms with Gasteiger partial charge in [-0.3, -0.25) is 0 Å². The Labute approximate surface area is 92.4 Å². The van der Waals surface area contributed by atoms with E-state index >= 15 is 0 Å². The summed E-state index contributed by atoms with van der Waals surface area (Å²) in [5, 5.41) is 0. The monoisotopic (exact) mass is 225 g/mol. The van der Waals surface area contributed by atoms with Crippen LogP contribution in [-0.4, -0.2) is 30.8 Å². The number of hydrogen-bond acceptors (Lipinski definition) is 4. The van der Waals surface area contributed by atoms with Gasteiger partial charge in [-0.15, -0.1) is 0 Å². The Morgan fingerprint density at radius 1 is 1.62 bits per heavy atom. The van der Waals surface area contributed by atoms with Gasteiger partial charge < -0.3 is 9.47 Å². The second-order valence-corrected chi connectivity index (χ2v) is 3.70. The molecule has 0 spiro atoms. The molecule has 1 atom stereocenters. The van der Waals surface area contributed by atoms with Crippen LogP contribution in [-0.2, 0) is 9.47 Å². The zero-order valence-corrected chi connectivity index (χ0v) is 8.69. The number of pyridine rings is 1. The van der Waals surface area contributed by atoms with Gasteiger partial charge in [0.2, 0.25) is 5.95 Å². The maximum atomic E-state index is 12.5. The number of halogens is 1. The molecule has 1 aliphatic rings. The van der Waals surface area contributed by atoms with Crippen molar-refractivity contribution >= 4 is 5.97 Å². The molecule has 0 radical (unpaired) electrons. The molecule has 4 nitrogen and oxygen atoms in total. The summed E-state index contributed by atoms with van der Waals surface area (Å²) in [7, 11) is 0. The maximum Gasteiger partial charge on any atom is 0.339 e. The first-order valence-corrected chi connectivity index (χ1v) is 5.12. The number of esters is 1. The van der Waals surface area contributed by atoms with Crippen LogP contribution in [0, 0.1) is 11.9 Å². The molecule has 2 rings (SSSR count). The summed E-state index contributed by atoms with van der Waals surface area (Å²) in [6.45, 7) is 1.70. The zero-order chi connectivity index (χ0) is 11.4. The number of carbonyl (C=O) groups is 1. The summed E-state index contributed by atoms with van der Waals surface area (Å²) in [5.74, 6) is -0.808. The molecule has 0 amide bonds. The molecule has 0 aromatic carbocycles. The molecule has 1 aliphatic heterocycles. The first kappa shape index (κ1) is 11.0. The lowest BCUT2D eigenvalue weighted by molar-refractivity contribution is 0.0427. The molecule has 0 saturated carbocycles. The molecule has 1 aromatic rings. The average molecular weight is 225 g/mol. The van der Waals surface area contributed by atoms with Crippen molar-refractivity contribution in [3.63, 3.8) is 0 Å². The van der Waals surface area contributed by atoms with Crippen LogP contribution in [0.15, 0.2) is 18.3 Å². The highest BCUT2D eigenvalue weighted by molar-refractivity contribution is 5.88. The van der Waals surface area contributed by atoms with Gasteiger partial charge in [0.1, 0.15) is 0 Å². The van der Waals surface area contributed by atoms with Gasteiger partial charge in [0.05, 0.1) is 18.8 Å². The standard InChI is InChI=1S/C11H12FNO3/c12-10-2-1-9(5-13-10)11(14)16-7-8-3-4-15-6-8/h1-2,5,8H,3-4,6-7H2. The summed E-state index contributed by atoms with van der Waals surface area (Å²) in [6.07, 6.45) is 2.08. The fourth-order valence-electron chi connectivity index (χ4n) is 1.49. The molecular weight excluding hydrogens is 213 g/mol. The number of aromatic nitrogens is 1. The Hall–Kier alpha value is -1.49.